The van der Waals surface area contributed by atoms with Gasteiger partial charge in [0.15, 0.2) is 0 Å². The number of nitrogens with one attached hydrogen (secondary N) is 1. The molecule has 0 atom stereocenters. The zero-order valence-corrected chi connectivity index (χ0v) is 10.5. The van der Waals surface area contributed by atoms with E-state index in [1.54, 1.807) is 0 Å². The van der Waals surface area contributed by atoms with Crippen molar-refractivity contribution in [1.82, 2.24) is 5.32 Å². The minimum atomic E-state index is 0.526. The van der Waals surface area contributed by atoms with E-state index in [-0.39, 0.29) is 0 Å². The van der Waals surface area contributed by atoms with Crippen LogP contribution in [0.3, 0.4) is 0 Å². The second kappa shape index (κ2) is 7.69. The van der Waals surface area contributed by atoms with Gasteiger partial charge in [-0.25, -0.2) is 0 Å². The Bertz CT molecular complexity index is 101. The van der Waals surface area contributed by atoms with E-state index < -0.39 is 0 Å². The minimum absolute atomic E-state index is 0.526. The van der Waals surface area contributed by atoms with Gasteiger partial charge in [-0.05, 0) is 49.8 Å². The Morgan fingerprint density at radius 1 is 1.23 bits per heavy atom. The molecule has 0 heterocycles. The van der Waals surface area contributed by atoms with Crippen molar-refractivity contribution in [1.29, 1.82) is 0 Å². The number of thioether (sulfide) groups is 1. The van der Waals surface area contributed by atoms with Crippen LogP contribution in [0.4, 0.5) is 0 Å². The normalized spacial score (nSPS) is 12.0. The van der Waals surface area contributed by atoms with Gasteiger partial charge >= 0.3 is 0 Å². The van der Waals surface area contributed by atoms with Crippen molar-refractivity contribution in [2.45, 2.75) is 40.0 Å². The third kappa shape index (κ3) is 8.63. The molecule has 80 valence electrons. The van der Waals surface area contributed by atoms with Gasteiger partial charge in [0.2, 0.25) is 0 Å². The molecule has 0 spiro atoms. The summed E-state index contributed by atoms with van der Waals surface area (Å²) in [7, 11) is 0. The van der Waals surface area contributed by atoms with Crippen LogP contribution in [0.2, 0.25) is 0 Å². The summed E-state index contributed by atoms with van der Waals surface area (Å²) in [6, 6.07) is 0. The zero-order valence-electron chi connectivity index (χ0n) is 9.65. The highest BCUT2D eigenvalue weighted by Crippen LogP contribution is 2.26. The van der Waals surface area contributed by atoms with Gasteiger partial charge in [0.1, 0.15) is 0 Å². The van der Waals surface area contributed by atoms with Crippen LogP contribution in [-0.4, -0.2) is 25.1 Å². The molecule has 0 rings (SSSR count). The predicted molar refractivity (Wildman–Crippen MR) is 64.6 cm³/mol. The average molecular weight is 203 g/mol. The van der Waals surface area contributed by atoms with E-state index in [4.69, 9.17) is 0 Å². The first-order valence-electron chi connectivity index (χ1n) is 5.32. The van der Waals surface area contributed by atoms with Crippen LogP contribution in [0, 0.1) is 5.41 Å². The van der Waals surface area contributed by atoms with Crippen LogP contribution in [0.25, 0.3) is 0 Å². The Balaban J connectivity index is 3.42. The van der Waals surface area contributed by atoms with Gasteiger partial charge in [-0.1, -0.05) is 20.8 Å². The first-order valence-corrected chi connectivity index (χ1v) is 6.71. The maximum Gasteiger partial charge on any atom is -0.00439 e. The summed E-state index contributed by atoms with van der Waals surface area (Å²) >= 11 is 1.96. The van der Waals surface area contributed by atoms with E-state index >= 15 is 0 Å². The summed E-state index contributed by atoms with van der Waals surface area (Å²) in [5, 5.41) is 3.39. The Kier molecular flexibility index (Phi) is 7.87. The Morgan fingerprint density at radius 3 is 2.46 bits per heavy atom. The zero-order chi connectivity index (χ0) is 10.2. The predicted octanol–water partition coefficient (Wildman–Crippen LogP) is 3.16. The monoisotopic (exact) mass is 203 g/mol. The van der Waals surface area contributed by atoms with E-state index in [0.29, 0.717) is 5.41 Å². The summed E-state index contributed by atoms with van der Waals surface area (Å²) < 4.78 is 0. The third-order valence-corrected chi connectivity index (χ3v) is 3.13. The Morgan fingerprint density at radius 2 is 1.92 bits per heavy atom. The Hall–Kier alpha value is 0.310. The van der Waals surface area contributed by atoms with Gasteiger partial charge in [-0.3, -0.25) is 0 Å². The lowest BCUT2D eigenvalue weighted by molar-refractivity contribution is 0.301. The maximum atomic E-state index is 3.39. The van der Waals surface area contributed by atoms with Gasteiger partial charge in [0.05, 0.1) is 0 Å². The van der Waals surface area contributed by atoms with Crippen molar-refractivity contribution < 1.29 is 0 Å². The number of rotatable bonds is 8. The fourth-order valence-corrected chi connectivity index (χ4v) is 1.86. The van der Waals surface area contributed by atoms with Crippen LogP contribution in [0.15, 0.2) is 0 Å². The summed E-state index contributed by atoms with van der Waals surface area (Å²) in [6.07, 6.45) is 6.21. The molecular formula is C11H25NS. The van der Waals surface area contributed by atoms with Crippen LogP contribution < -0.4 is 5.32 Å². The molecule has 13 heavy (non-hydrogen) atoms. The molecule has 0 bridgehead atoms. The van der Waals surface area contributed by atoms with Crippen LogP contribution >= 0.6 is 11.8 Å². The first kappa shape index (κ1) is 13.3. The molecule has 0 aromatic rings. The molecule has 0 radical (unpaired) electrons. The smallest absolute Gasteiger partial charge is 0.00439 e. The number of hydrogen-bond acceptors (Lipinski definition) is 2. The molecular weight excluding hydrogens is 178 g/mol. The highest BCUT2D eigenvalue weighted by molar-refractivity contribution is 7.98. The molecule has 0 saturated heterocycles. The first-order chi connectivity index (χ1) is 6.12. The number of hydrogen-bond donors (Lipinski definition) is 1. The highest BCUT2D eigenvalue weighted by Gasteiger charge is 2.15. The molecule has 0 aliphatic carbocycles. The molecule has 0 aliphatic heterocycles. The molecule has 0 aromatic heterocycles. The van der Waals surface area contributed by atoms with Crippen molar-refractivity contribution in [3.8, 4) is 0 Å². The second-order valence-corrected chi connectivity index (χ2v) is 5.35. The van der Waals surface area contributed by atoms with Gasteiger partial charge in [0.25, 0.3) is 0 Å². The molecule has 0 fully saturated rings. The molecule has 0 saturated carbocycles. The van der Waals surface area contributed by atoms with Gasteiger partial charge in [-0.15, -0.1) is 0 Å². The van der Waals surface area contributed by atoms with Crippen LogP contribution in [0.5, 0.6) is 0 Å². The van der Waals surface area contributed by atoms with Crippen molar-refractivity contribution in [3.05, 3.63) is 0 Å². The SMILES string of the molecule is CCNCCC(C)(C)CCCSC. The van der Waals surface area contributed by atoms with Crippen LogP contribution in [-0.2, 0) is 0 Å². The topological polar surface area (TPSA) is 12.0 Å². The van der Waals surface area contributed by atoms with Gasteiger partial charge in [0, 0.05) is 0 Å². The van der Waals surface area contributed by atoms with E-state index in [9.17, 15) is 0 Å². The molecule has 2 heteroatoms. The maximum absolute atomic E-state index is 3.39. The van der Waals surface area contributed by atoms with Gasteiger partial charge in [-0.2, -0.15) is 11.8 Å². The molecule has 0 amide bonds. The fourth-order valence-electron chi connectivity index (χ4n) is 1.42. The quantitative estimate of drug-likeness (QED) is 0.608. The summed E-state index contributed by atoms with van der Waals surface area (Å²) in [6.45, 7) is 9.19. The second-order valence-electron chi connectivity index (χ2n) is 4.36. The largest absolute Gasteiger partial charge is 0.317 e. The molecule has 0 unspecified atom stereocenters. The summed E-state index contributed by atoms with van der Waals surface area (Å²) in [5.41, 5.74) is 0.526. The van der Waals surface area contributed by atoms with Crippen molar-refractivity contribution >= 4 is 11.8 Å². The lowest BCUT2D eigenvalue weighted by Crippen LogP contribution is -2.22. The highest BCUT2D eigenvalue weighted by atomic mass is 32.2. The van der Waals surface area contributed by atoms with Crippen LogP contribution in [0.1, 0.15) is 40.0 Å². The lowest BCUT2D eigenvalue weighted by atomic mass is 9.85. The molecule has 1 nitrogen and oxygen atoms in total. The molecule has 0 aromatic carbocycles. The fraction of sp³-hybridized carbons (Fsp3) is 1.00. The van der Waals surface area contributed by atoms with E-state index in [0.717, 1.165) is 6.54 Å². The standard InChI is InChI=1S/C11H25NS/c1-5-12-9-8-11(2,3)7-6-10-13-4/h12H,5-10H2,1-4H3. The van der Waals surface area contributed by atoms with Crippen molar-refractivity contribution in [2.75, 3.05) is 25.1 Å². The van der Waals surface area contributed by atoms with E-state index in [2.05, 4.69) is 32.3 Å². The third-order valence-electron chi connectivity index (χ3n) is 2.43. The lowest BCUT2D eigenvalue weighted by Gasteiger charge is -2.24. The summed E-state index contributed by atoms with van der Waals surface area (Å²) in [5.74, 6) is 1.31. The van der Waals surface area contributed by atoms with E-state index in [1.165, 1.54) is 31.6 Å². The average Bonchev–Trinajstić information content (AvgIpc) is 2.05. The van der Waals surface area contributed by atoms with E-state index in [1.807, 2.05) is 11.8 Å². The Labute approximate surface area is 88.1 Å². The minimum Gasteiger partial charge on any atom is -0.317 e. The van der Waals surface area contributed by atoms with Crippen molar-refractivity contribution in [3.63, 3.8) is 0 Å². The summed E-state index contributed by atoms with van der Waals surface area (Å²) in [4.78, 5) is 0. The molecule has 1 N–H and O–H groups in total. The van der Waals surface area contributed by atoms with Crippen molar-refractivity contribution in [2.24, 2.45) is 5.41 Å². The molecule has 0 aliphatic rings. The van der Waals surface area contributed by atoms with Gasteiger partial charge < -0.3 is 5.32 Å².